The molecule has 58 valence electrons. The lowest BCUT2D eigenvalue weighted by molar-refractivity contribution is 0.561. The Bertz CT molecular complexity index is 112. The highest BCUT2D eigenvalue weighted by Crippen LogP contribution is 2.59. The van der Waals surface area contributed by atoms with Crippen LogP contribution >= 0.6 is 0 Å². The zero-order chi connectivity index (χ0) is 7.14. The Kier molecular flexibility index (Phi) is 1.51. The highest BCUT2D eigenvalue weighted by molar-refractivity contribution is 5.00. The summed E-state index contributed by atoms with van der Waals surface area (Å²) >= 11 is 0. The third kappa shape index (κ3) is 0.980. The summed E-state index contributed by atoms with van der Waals surface area (Å²) < 4.78 is 0. The highest BCUT2D eigenvalue weighted by Gasteiger charge is 2.51. The molecule has 2 rings (SSSR count). The molecule has 2 aliphatic carbocycles. The van der Waals surface area contributed by atoms with Gasteiger partial charge in [-0.25, -0.2) is 0 Å². The van der Waals surface area contributed by atoms with Crippen LogP contribution in [0.5, 0.6) is 0 Å². The summed E-state index contributed by atoms with van der Waals surface area (Å²) in [4.78, 5) is 0. The first-order chi connectivity index (χ1) is 4.86. The number of hydrogen-bond donors (Lipinski definition) is 0. The number of rotatable bonds is 3. The van der Waals surface area contributed by atoms with Crippen LogP contribution in [0, 0.1) is 23.7 Å². The topological polar surface area (TPSA) is 0 Å². The van der Waals surface area contributed by atoms with Crippen molar-refractivity contribution >= 4 is 0 Å². The first kappa shape index (κ1) is 6.69. The van der Waals surface area contributed by atoms with Gasteiger partial charge in [0.25, 0.3) is 0 Å². The molecule has 0 saturated heterocycles. The minimum absolute atomic E-state index is 1.14. The Morgan fingerprint density at radius 1 is 0.900 bits per heavy atom. The first-order valence-electron chi connectivity index (χ1n) is 4.86. The molecule has 0 radical (unpaired) electrons. The Morgan fingerprint density at radius 2 is 1.30 bits per heavy atom. The van der Waals surface area contributed by atoms with E-state index in [4.69, 9.17) is 0 Å². The van der Waals surface area contributed by atoms with Crippen molar-refractivity contribution in [2.24, 2.45) is 23.7 Å². The van der Waals surface area contributed by atoms with Gasteiger partial charge in [0.15, 0.2) is 0 Å². The van der Waals surface area contributed by atoms with Crippen molar-refractivity contribution in [3.05, 3.63) is 0 Å². The van der Waals surface area contributed by atoms with E-state index in [0.717, 1.165) is 11.8 Å². The van der Waals surface area contributed by atoms with Crippen LogP contribution in [-0.4, -0.2) is 0 Å². The van der Waals surface area contributed by atoms with Gasteiger partial charge in [0.05, 0.1) is 0 Å². The molecule has 0 aromatic carbocycles. The fourth-order valence-corrected chi connectivity index (χ4v) is 2.53. The molecule has 0 bridgehead atoms. The Balaban J connectivity index is 1.74. The molecular weight excluding hydrogens is 120 g/mol. The molecule has 2 aliphatic rings. The standard InChI is InChI=1S/C10H18/c1-3-7-5-9(7)10-6-8(10)4-2/h7-10H,3-6H2,1-2H3. The second kappa shape index (κ2) is 2.25. The maximum Gasteiger partial charge on any atom is -0.0352 e. The molecule has 0 N–H and O–H groups in total. The van der Waals surface area contributed by atoms with Crippen molar-refractivity contribution in [2.45, 2.75) is 39.5 Å². The zero-order valence-electron chi connectivity index (χ0n) is 7.14. The summed E-state index contributed by atoms with van der Waals surface area (Å²) in [5, 5.41) is 0. The third-order valence-electron chi connectivity index (χ3n) is 3.55. The molecule has 0 heterocycles. The Morgan fingerprint density at radius 3 is 1.50 bits per heavy atom. The molecule has 4 unspecified atom stereocenters. The van der Waals surface area contributed by atoms with Gasteiger partial charge in [-0.05, 0) is 36.5 Å². The van der Waals surface area contributed by atoms with Gasteiger partial charge in [0.1, 0.15) is 0 Å². The van der Waals surface area contributed by atoms with Crippen LogP contribution in [0.15, 0.2) is 0 Å². The number of hydrogen-bond acceptors (Lipinski definition) is 0. The van der Waals surface area contributed by atoms with E-state index in [1.165, 1.54) is 24.7 Å². The molecular formula is C10H18. The molecule has 10 heavy (non-hydrogen) atoms. The van der Waals surface area contributed by atoms with Crippen molar-refractivity contribution in [1.29, 1.82) is 0 Å². The van der Waals surface area contributed by atoms with E-state index in [2.05, 4.69) is 13.8 Å². The predicted octanol–water partition coefficient (Wildman–Crippen LogP) is 3.08. The van der Waals surface area contributed by atoms with Gasteiger partial charge in [-0.3, -0.25) is 0 Å². The summed E-state index contributed by atoms with van der Waals surface area (Å²) in [5.74, 6) is 4.63. The zero-order valence-corrected chi connectivity index (χ0v) is 7.14. The van der Waals surface area contributed by atoms with Crippen LogP contribution in [0.25, 0.3) is 0 Å². The average molecular weight is 138 g/mol. The molecule has 0 heteroatoms. The highest BCUT2D eigenvalue weighted by atomic mass is 14.6. The molecule has 0 aromatic heterocycles. The molecule has 2 fully saturated rings. The monoisotopic (exact) mass is 138 g/mol. The van der Waals surface area contributed by atoms with E-state index < -0.39 is 0 Å². The lowest BCUT2D eigenvalue weighted by atomic mass is 10.1. The van der Waals surface area contributed by atoms with Crippen molar-refractivity contribution in [3.63, 3.8) is 0 Å². The van der Waals surface area contributed by atoms with Crippen molar-refractivity contribution in [2.75, 3.05) is 0 Å². The Hall–Kier alpha value is 0. The normalized spacial score (nSPS) is 51.0. The van der Waals surface area contributed by atoms with Crippen LogP contribution in [0.4, 0.5) is 0 Å². The van der Waals surface area contributed by atoms with E-state index in [-0.39, 0.29) is 0 Å². The molecule has 0 aromatic rings. The second-order valence-electron chi connectivity index (χ2n) is 4.14. The first-order valence-corrected chi connectivity index (χ1v) is 4.86. The van der Waals surface area contributed by atoms with Crippen molar-refractivity contribution in [1.82, 2.24) is 0 Å². The van der Waals surface area contributed by atoms with Gasteiger partial charge in [0.2, 0.25) is 0 Å². The van der Waals surface area contributed by atoms with Crippen LogP contribution in [0.2, 0.25) is 0 Å². The molecule has 2 saturated carbocycles. The molecule has 0 aliphatic heterocycles. The van der Waals surface area contributed by atoms with Crippen molar-refractivity contribution < 1.29 is 0 Å². The van der Waals surface area contributed by atoms with Gasteiger partial charge in [0, 0.05) is 0 Å². The van der Waals surface area contributed by atoms with Gasteiger partial charge >= 0.3 is 0 Å². The smallest absolute Gasteiger partial charge is 0.0352 e. The Labute approximate surface area is 64.0 Å². The molecule has 4 atom stereocenters. The van der Waals surface area contributed by atoms with Gasteiger partial charge in [-0.15, -0.1) is 0 Å². The minimum Gasteiger partial charge on any atom is -0.0651 e. The van der Waals surface area contributed by atoms with Crippen LogP contribution < -0.4 is 0 Å². The third-order valence-corrected chi connectivity index (χ3v) is 3.55. The van der Waals surface area contributed by atoms with E-state index in [0.29, 0.717) is 0 Å². The van der Waals surface area contributed by atoms with E-state index >= 15 is 0 Å². The SMILES string of the molecule is CCC1CC1C1CC1CC. The van der Waals surface area contributed by atoms with E-state index in [9.17, 15) is 0 Å². The van der Waals surface area contributed by atoms with E-state index in [1.54, 1.807) is 12.8 Å². The fourth-order valence-electron chi connectivity index (χ4n) is 2.53. The second-order valence-corrected chi connectivity index (χ2v) is 4.14. The van der Waals surface area contributed by atoms with Crippen molar-refractivity contribution in [3.8, 4) is 0 Å². The average Bonchev–Trinajstić information content (AvgIpc) is 2.83. The molecule has 0 nitrogen and oxygen atoms in total. The quantitative estimate of drug-likeness (QED) is 0.562. The van der Waals surface area contributed by atoms with Crippen LogP contribution in [-0.2, 0) is 0 Å². The van der Waals surface area contributed by atoms with Crippen LogP contribution in [0.3, 0.4) is 0 Å². The van der Waals surface area contributed by atoms with Gasteiger partial charge < -0.3 is 0 Å². The molecule has 0 spiro atoms. The van der Waals surface area contributed by atoms with Gasteiger partial charge in [-0.1, -0.05) is 26.7 Å². The lowest BCUT2D eigenvalue weighted by Gasteiger charge is -1.93. The lowest BCUT2D eigenvalue weighted by Crippen LogP contribution is -1.86. The summed E-state index contributed by atoms with van der Waals surface area (Å²) in [6.45, 7) is 4.68. The van der Waals surface area contributed by atoms with Crippen LogP contribution in [0.1, 0.15) is 39.5 Å². The van der Waals surface area contributed by atoms with Gasteiger partial charge in [-0.2, -0.15) is 0 Å². The predicted molar refractivity (Wildman–Crippen MR) is 43.8 cm³/mol. The fraction of sp³-hybridized carbons (Fsp3) is 1.00. The largest absolute Gasteiger partial charge is 0.0651 e. The van der Waals surface area contributed by atoms with E-state index in [1.807, 2.05) is 0 Å². The molecule has 0 amide bonds. The summed E-state index contributed by atoms with van der Waals surface area (Å²) in [7, 11) is 0. The summed E-state index contributed by atoms with van der Waals surface area (Å²) in [5.41, 5.74) is 0. The summed E-state index contributed by atoms with van der Waals surface area (Å²) in [6, 6.07) is 0. The summed E-state index contributed by atoms with van der Waals surface area (Å²) in [6.07, 6.45) is 6.02. The minimum atomic E-state index is 1.14. The maximum atomic E-state index is 2.34. The maximum absolute atomic E-state index is 2.34.